The Hall–Kier alpha value is -3.29. The number of hydrogen-bond donors (Lipinski definition) is 1. The zero-order valence-electron chi connectivity index (χ0n) is 14.9. The van der Waals surface area contributed by atoms with Crippen LogP contribution in [-0.2, 0) is 5.41 Å². The van der Waals surface area contributed by atoms with E-state index in [0.29, 0.717) is 29.8 Å². The van der Waals surface area contributed by atoms with Gasteiger partial charge in [-0.05, 0) is 12.1 Å². The van der Waals surface area contributed by atoms with Crippen LogP contribution in [0.3, 0.4) is 0 Å². The summed E-state index contributed by atoms with van der Waals surface area (Å²) < 4.78 is 6.98. The summed E-state index contributed by atoms with van der Waals surface area (Å²) in [6, 6.07) is 3.63. The molecule has 0 atom stereocenters. The molecule has 3 heterocycles. The Bertz CT molecular complexity index is 918. The second-order valence-corrected chi connectivity index (χ2v) is 6.74. The lowest BCUT2D eigenvalue weighted by molar-refractivity contribution is 0.0953. The van der Waals surface area contributed by atoms with E-state index in [1.165, 1.54) is 6.33 Å². The van der Waals surface area contributed by atoms with Gasteiger partial charge in [0, 0.05) is 24.4 Å². The van der Waals surface area contributed by atoms with Crippen LogP contribution < -0.4 is 5.32 Å². The maximum atomic E-state index is 11.9. The van der Waals surface area contributed by atoms with Crippen LogP contribution in [0.1, 0.15) is 37.1 Å². The summed E-state index contributed by atoms with van der Waals surface area (Å²) in [7, 11) is 0. The van der Waals surface area contributed by atoms with E-state index >= 15 is 0 Å². The summed E-state index contributed by atoms with van der Waals surface area (Å²) >= 11 is 0. The molecule has 1 amide bonds. The fraction of sp³-hybridized carbons (Fsp3) is 0.278. The highest BCUT2D eigenvalue weighted by molar-refractivity contribution is 5.92. The lowest BCUT2D eigenvalue weighted by Crippen LogP contribution is -2.23. The van der Waals surface area contributed by atoms with Crippen LogP contribution in [0.5, 0.6) is 0 Å². The molecule has 8 nitrogen and oxygen atoms in total. The molecule has 0 radical (unpaired) electrons. The van der Waals surface area contributed by atoms with Crippen molar-refractivity contribution in [1.29, 1.82) is 0 Å². The normalized spacial score (nSPS) is 11.3. The van der Waals surface area contributed by atoms with Crippen molar-refractivity contribution >= 4 is 5.91 Å². The molecule has 0 aliphatic rings. The molecule has 0 fully saturated rings. The molecule has 0 aliphatic heterocycles. The number of rotatable bonds is 5. The fourth-order valence-corrected chi connectivity index (χ4v) is 2.13. The van der Waals surface area contributed by atoms with Crippen LogP contribution in [0, 0.1) is 0 Å². The van der Waals surface area contributed by atoms with Gasteiger partial charge in [-0.25, -0.2) is 9.97 Å². The number of pyridine rings is 1. The van der Waals surface area contributed by atoms with Crippen molar-refractivity contribution in [2.45, 2.75) is 26.2 Å². The average molecular weight is 352 g/mol. The predicted molar refractivity (Wildman–Crippen MR) is 95.9 cm³/mol. The van der Waals surface area contributed by atoms with E-state index < -0.39 is 0 Å². The van der Waals surface area contributed by atoms with E-state index in [9.17, 15) is 4.79 Å². The van der Waals surface area contributed by atoms with Crippen molar-refractivity contribution in [3.63, 3.8) is 0 Å². The Kier molecular flexibility index (Phi) is 4.66. The summed E-state index contributed by atoms with van der Waals surface area (Å²) in [5.74, 6) is 1.42. The number of imidazole rings is 1. The van der Waals surface area contributed by atoms with Gasteiger partial charge in [0.2, 0.25) is 0 Å². The SMILES string of the molecule is C=CCNC(=O)c1cn(-c2ccc(-c3nc(C(C)(C)C)no3)cn2)cn1. The van der Waals surface area contributed by atoms with Crippen LogP contribution in [0.2, 0.25) is 0 Å². The maximum absolute atomic E-state index is 11.9. The summed E-state index contributed by atoms with van der Waals surface area (Å²) in [5.41, 5.74) is 0.847. The van der Waals surface area contributed by atoms with Gasteiger partial charge < -0.3 is 9.84 Å². The number of aromatic nitrogens is 5. The van der Waals surface area contributed by atoms with Crippen LogP contribution in [0.4, 0.5) is 0 Å². The molecule has 3 aromatic heterocycles. The summed E-state index contributed by atoms with van der Waals surface area (Å²) in [5, 5.41) is 6.69. The maximum Gasteiger partial charge on any atom is 0.271 e. The van der Waals surface area contributed by atoms with Gasteiger partial charge in [0.05, 0.1) is 5.56 Å². The minimum absolute atomic E-state index is 0.186. The molecule has 1 N–H and O–H groups in total. The molecule has 26 heavy (non-hydrogen) atoms. The minimum atomic E-state index is -0.263. The third-order valence-corrected chi connectivity index (χ3v) is 3.58. The van der Waals surface area contributed by atoms with E-state index in [4.69, 9.17) is 4.52 Å². The lowest BCUT2D eigenvalue weighted by Gasteiger charge is -2.10. The molecule has 0 spiro atoms. The Morgan fingerprint density at radius 3 is 2.77 bits per heavy atom. The largest absolute Gasteiger partial charge is 0.347 e. The Labute approximate surface area is 151 Å². The quantitative estimate of drug-likeness (QED) is 0.709. The van der Waals surface area contributed by atoms with Crippen molar-refractivity contribution in [3.8, 4) is 17.3 Å². The number of carbonyl (C=O) groups is 1. The smallest absolute Gasteiger partial charge is 0.271 e. The monoisotopic (exact) mass is 352 g/mol. The number of amides is 1. The van der Waals surface area contributed by atoms with Gasteiger partial charge in [0.25, 0.3) is 11.8 Å². The summed E-state index contributed by atoms with van der Waals surface area (Å²) in [4.78, 5) is 24.8. The highest BCUT2D eigenvalue weighted by atomic mass is 16.5. The van der Waals surface area contributed by atoms with Crippen molar-refractivity contribution in [2.75, 3.05) is 6.54 Å². The molecule has 0 unspecified atom stereocenters. The van der Waals surface area contributed by atoms with Gasteiger partial charge in [-0.1, -0.05) is 32.0 Å². The van der Waals surface area contributed by atoms with E-state index in [1.54, 1.807) is 29.1 Å². The molecular formula is C18H20N6O2. The molecule has 3 rings (SSSR count). The first kappa shape index (κ1) is 17.5. The molecule has 0 aliphatic carbocycles. The number of carbonyl (C=O) groups excluding carboxylic acids is 1. The number of nitrogens with zero attached hydrogens (tertiary/aromatic N) is 5. The highest BCUT2D eigenvalue weighted by Crippen LogP contribution is 2.23. The molecule has 134 valence electrons. The standard InChI is InChI=1S/C18H20N6O2/c1-5-8-19-15(25)13-10-24(11-21-13)14-7-6-12(9-20-14)16-22-17(23-26-16)18(2,3)4/h5-7,9-11H,1,8H2,2-4H3,(H,19,25). The van der Waals surface area contributed by atoms with E-state index in [0.717, 1.165) is 5.56 Å². The first-order chi connectivity index (χ1) is 12.4. The lowest BCUT2D eigenvalue weighted by atomic mass is 9.96. The van der Waals surface area contributed by atoms with E-state index in [1.807, 2.05) is 26.8 Å². The van der Waals surface area contributed by atoms with Crippen LogP contribution >= 0.6 is 0 Å². The number of nitrogens with one attached hydrogen (secondary N) is 1. The zero-order valence-corrected chi connectivity index (χ0v) is 14.9. The minimum Gasteiger partial charge on any atom is -0.347 e. The summed E-state index contributed by atoms with van der Waals surface area (Å²) in [6.45, 7) is 10.0. The molecule has 0 bridgehead atoms. The topological polar surface area (TPSA) is 98.7 Å². The molecular weight excluding hydrogens is 332 g/mol. The molecule has 3 aromatic rings. The Morgan fingerprint density at radius 1 is 1.35 bits per heavy atom. The fourth-order valence-electron chi connectivity index (χ4n) is 2.13. The molecule has 0 saturated heterocycles. The van der Waals surface area contributed by atoms with Crippen molar-refractivity contribution in [1.82, 2.24) is 30.0 Å². The van der Waals surface area contributed by atoms with Crippen molar-refractivity contribution in [2.24, 2.45) is 0 Å². The Morgan fingerprint density at radius 2 is 2.15 bits per heavy atom. The van der Waals surface area contributed by atoms with Gasteiger partial charge in [-0.15, -0.1) is 6.58 Å². The first-order valence-corrected chi connectivity index (χ1v) is 8.12. The van der Waals surface area contributed by atoms with Crippen molar-refractivity contribution < 1.29 is 9.32 Å². The molecule has 0 saturated carbocycles. The van der Waals surface area contributed by atoms with Crippen molar-refractivity contribution in [3.05, 3.63) is 55.0 Å². The van der Waals surface area contributed by atoms with Gasteiger partial charge in [-0.2, -0.15) is 4.98 Å². The van der Waals surface area contributed by atoms with Crippen LogP contribution in [-0.4, -0.2) is 37.1 Å². The third-order valence-electron chi connectivity index (χ3n) is 3.58. The van der Waals surface area contributed by atoms with Gasteiger partial charge in [-0.3, -0.25) is 9.36 Å². The van der Waals surface area contributed by atoms with E-state index in [2.05, 4.69) is 32.0 Å². The van der Waals surface area contributed by atoms with E-state index in [-0.39, 0.29) is 11.3 Å². The first-order valence-electron chi connectivity index (χ1n) is 8.12. The van der Waals surface area contributed by atoms with Gasteiger partial charge >= 0.3 is 0 Å². The Balaban J connectivity index is 1.78. The van der Waals surface area contributed by atoms with Gasteiger partial charge in [0.1, 0.15) is 17.8 Å². The second kappa shape index (κ2) is 6.91. The zero-order chi connectivity index (χ0) is 18.7. The molecule has 0 aromatic carbocycles. The third kappa shape index (κ3) is 3.69. The van der Waals surface area contributed by atoms with Crippen LogP contribution in [0.15, 0.2) is 48.0 Å². The number of hydrogen-bond acceptors (Lipinski definition) is 6. The molecule has 8 heteroatoms. The second-order valence-electron chi connectivity index (χ2n) is 6.74. The van der Waals surface area contributed by atoms with Crippen LogP contribution in [0.25, 0.3) is 17.3 Å². The summed E-state index contributed by atoms with van der Waals surface area (Å²) in [6.07, 6.45) is 6.41. The predicted octanol–water partition coefficient (Wildman–Crippen LogP) is 2.53. The van der Waals surface area contributed by atoms with Gasteiger partial charge in [0.15, 0.2) is 5.82 Å². The highest BCUT2D eigenvalue weighted by Gasteiger charge is 2.21. The average Bonchev–Trinajstić information content (AvgIpc) is 3.29.